The highest BCUT2D eigenvalue weighted by atomic mass is 32.2. The fourth-order valence-corrected chi connectivity index (χ4v) is 2.79. The first-order valence-corrected chi connectivity index (χ1v) is 5.77. The number of aromatic nitrogens is 3. The number of hydrogen-bond acceptors (Lipinski definition) is 4. The highest BCUT2D eigenvalue weighted by molar-refractivity contribution is 7.98. The smallest absolute Gasteiger partial charge is 0.341 e. The van der Waals surface area contributed by atoms with Gasteiger partial charge >= 0.3 is 5.97 Å². The predicted octanol–water partition coefficient (Wildman–Crippen LogP) is 0.468. The van der Waals surface area contributed by atoms with E-state index in [1.165, 1.54) is 10.7 Å². The van der Waals surface area contributed by atoms with Gasteiger partial charge in [0, 0.05) is 17.7 Å². The molecule has 7 heteroatoms. The largest absolute Gasteiger partial charge is 0.477 e. The Hall–Kier alpha value is -1.76. The Bertz CT molecular complexity index is 658. The Morgan fingerprint density at radius 3 is 3.12 bits per heavy atom. The van der Waals surface area contributed by atoms with E-state index in [2.05, 4.69) is 10.1 Å². The van der Waals surface area contributed by atoms with Crippen LogP contribution < -0.4 is 5.56 Å². The molecule has 0 bridgehead atoms. The fraction of sp³-hybridized carbons (Fsp3) is 0.222. The minimum atomic E-state index is -1.09. The quantitative estimate of drug-likeness (QED) is 0.752. The van der Waals surface area contributed by atoms with Crippen LogP contribution in [0.5, 0.6) is 0 Å². The van der Waals surface area contributed by atoms with Crippen LogP contribution in [0, 0.1) is 0 Å². The lowest BCUT2D eigenvalue weighted by Crippen LogP contribution is -2.20. The maximum Gasteiger partial charge on any atom is 0.341 e. The number of carboxylic acids is 1. The molecule has 0 fully saturated rings. The molecular weight excluding hydrogens is 230 g/mol. The van der Waals surface area contributed by atoms with Crippen molar-refractivity contribution in [2.24, 2.45) is 0 Å². The standard InChI is InChI=1S/C9H7N3O3S/c13-8-5-2-16-3-6(5)11-7-4(9(14)15)1-10-12(7)8/h1,10H,2-3H2,(H,14,15). The lowest BCUT2D eigenvalue weighted by Gasteiger charge is -1.98. The van der Waals surface area contributed by atoms with Crippen molar-refractivity contribution in [3.63, 3.8) is 0 Å². The number of nitrogens with one attached hydrogen (secondary N) is 1. The molecule has 0 spiro atoms. The molecule has 2 aromatic rings. The predicted molar refractivity (Wildman–Crippen MR) is 57.8 cm³/mol. The van der Waals surface area contributed by atoms with E-state index in [4.69, 9.17) is 5.11 Å². The maximum atomic E-state index is 11.9. The molecule has 1 aliphatic rings. The van der Waals surface area contributed by atoms with Crippen molar-refractivity contribution >= 4 is 23.4 Å². The summed E-state index contributed by atoms with van der Waals surface area (Å²) in [4.78, 5) is 27.1. The molecule has 2 aromatic heterocycles. The van der Waals surface area contributed by atoms with Crippen molar-refractivity contribution in [1.29, 1.82) is 0 Å². The summed E-state index contributed by atoms with van der Waals surface area (Å²) in [6, 6.07) is 0. The van der Waals surface area contributed by atoms with Gasteiger partial charge in [0.2, 0.25) is 0 Å². The summed E-state index contributed by atoms with van der Waals surface area (Å²) >= 11 is 1.61. The number of aromatic carboxylic acids is 1. The molecule has 0 radical (unpaired) electrons. The van der Waals surface area contributed by atoms with Crippen LogP contribution in [0.15, 0.2) is 11.0 Å². The SMILES string of the molecule is O=C(O)c1c[nH]n2c(=O)c3c(nc12)CSC3. The van der Waals surface area contributed by atoms with Gasteiger partial charge < -0.3 is 5.11 Å². The first-order valence-electron chi connectivity index (χ1n) is 4.61. The van der Waals surface area contributed by atoms with Crippen molar-refractivity contribution in [1.82, 2.24) is 14.6 Å². The van der Waals surface area contributed by atoms with Gasteiger partial charge in [0.1, 0.15) is 5.56 Å². The first-order chi connectivity index (χ1) is 7.68. The average Bonchev–Trinajstić information content (AvgIpc) is 2.83. The minimum Gasteiger partial charge on any atom is -0.477 e. The van der Waals surface area contributed by atoms with Gasteiger partial charge in [-0.05, 0) is 0 Å². The lowest BCUT2D eigenvalue weighted by molar-refractivity contribution is 0.0699. The summed E-state index contributed by atoms with van der Waals surface area (Å²) in [5.74, 6) is 0.230. The van der Waals surface area contributed by atoms with Gasteiger partial charge in [-0.2, -0.15) is 11.8 Å². The molecule has 82 valence electrons. The molecule has 0 saturated carbocycles. The molecule has 0 aromatic carbocycles. The first kappa shape index (κ1) is 9.46. The summed E-state index contributed by atoms with van der Waals surface area (Å²) in [7, 11) is 0. The number of nitrogens with zero attached hydrogens (tertiary/aromatic N) is 2. The van der Waals surface area contributed by atoms with E-state index in [-0.39, 0.29) is 16.8 Å². The molecule has 3 heterocycles. The van der Waals surface area contributed by atoms with E-state index in [1.54, 1.807) is 11.8 Å². The molecule has 0 atom stereocenters. The Balaban J connectivity index is 2.43. The Labute approximate surface area is 93.3 Å². The molecule has 0 unspecified atom stereocenters. The molecule has 16 heavy (non-hydrogen) atoms. The second-order valence-corrected chi connectivity index (χ2v) is 4.47. The number of aromatic amines is 1. The summed E-state index contributed by atoms with van der Waals surface area (Å²) in [5, 5.41) is 11.5. The molecule has 0 saturated heterocycles. The lowest BCUT2D eigenvalue weighted by atomic mass is 10.2. The van der Waals surface area contributed by atoms with Crippen LogP contribution in [-0.2, 0) is 11.5 Å². The van der Waals surface area contributed by atoms with Crippen LogP contribution in [0.4, 0.5) is 0 Å². The highest BCUT2D eigenvalue weighted by Crippen LogP contribution is 2.26. The van der Waals surface area contributed by atoms with Crippen molar-refractivity contribution in [3.05, 3.63) is 33.4 Å². The van der Waals surface area contributed by atoms with Gasteiger partial charge in [-0.15, -0.1) is 0 Å². The van der Waals surface area contributed by atoms with Crippen LogP contribution >= 0.6 is 11.8 Å². The number of carboxylic acid groups (broad SMARTS) is 1. The fourth-order valence-electron chi connectivity index (χ4n) is 1.77. The number of H-pyrrole nitrogens is 1. The average molecular weight is 237 g/mol. The maximum absolute atomic E-state index is 11.9. The number of rotatable bonds is 1. The summed E-state index contributed by atoms with van der Waals surface area (Å²) in [6.45, 7) is 0. The molecule has 3 rings (SSSR count). The van der Waals surface area contributed by atoms with Gasteiger partial charge in [-0.1, -0.05) is 0 Å². The molecule has 1 aliphatic heterocycles. The number of carbonyl (C=O) groups is 1. The minimum absolute atomic E-state index is 0.0248. The monoisotopic (exact) mass is 237 g/mol. The topological polar surface area (TPSA) is 87.5 Å². The Morgan fingerprint density at radius 1 is 1.56 bits per heavy atom. The number of fused-ring (bicyclic) bond motifs is 2. The zero-order chi connectivity index (χ0) is 11.3. The van der Waals surface area contributed by atoms with Crippen molar-refractivity contribution < 1.29 is 9.90 Å². The van der Waals surface area contributed by atoms with Crippen LogP contribution in [0.1, 0.15) is 21.6 Å². The summed E-state index contributed by atoms with van der Waals surface area (Å²) in [6.07, 6.45) is 1.29. The van der Waals surface area contributed by atoms with Crippen molar-refractivity contribution in [3.8, 4) is 0 Å². The van der Waals surface area contributed by atoms with E-state index < -0.39 is 5.97 Å². The third-order valence-electron chi connectivity index (χ3n) is 2.56. The molecule has 2 N–H and O–H groups in total. The zero-order valence-electron chi connectivity index (χ0n) is 8.06. The highest BCUT2D eigenvalue weighted by Gasteiger charge is 2.22. The second-order valence-electron chi connectivity index (χ2n) is 3.49. The number of thioether (sulfide) groups is 1. The van der Waals surface area contributed by atoms with Gasteiger partial charge in [0.25, 0.3) is 5.56 Å². The van der Waals surface area contributed by atoms with E-state index >= 15 is 0 Å². The van der Waals surface area contributed by atoms with Crippen LogP contribution in [0.2, 0.25) is 0 Å². The summed E-state index contributed by atoms with van der Waals surface area (Å²) in [5.41, 5.74) is 1.39. The molecule has 6 nitrogen and oxygen atoms in total. The normalized spacial score (nSPS) is 14.2. The van der Waals surface area contributed by atoms with Gasteiger partial charge in [0.05, 0.1) is 11.3 Å². The third kappa shape index (κ3) is 1.12. The van der Waals surface area contributed by atoms with Gasteiger partial charge in [-0.25, -0.2) is 14.3 Å². The van der Waals surface area contributed by atoms with E-state index in [1.807, 2.05) is 0 Å². The van der Waals surface area contributed by atoms with Crippen LogP contribution in [0.25, 0.3) is 5.65 Å². The summed E-state index contributed by atoms with van der Waals surface area (Å²) < 4.78 is 1.19. The Kier molecular flexibility index (Phi) is 1.84. The molecular formula is C9H7N3O3S. The number of hydrogen-bond donors (Lipinski definition) is 2. The van der Waals surface area contributed by atoms with Crippen LogP contribution in [-0.4, -0.2) is 25.7 Å². The van der Waals surface area contributed by atoms with E-state index in [0.717, 1.165) is 0 Å². The van der Waals surface area contributed by atoms with Crippen LogP contribution in [0.3, 0.4) is 0 Å². The molecule has 0 amide bonds. The van der Waals surface area contributed by atoms with Gasteiger partial charge in [0.15, 0.2) is 5.65 Å². The van der Waals surface area contributed by atoms with Gasteiger partial charge in [-0.3, -0.25) is 9.89 Å². The second kappa shape index (κ2) is 3.11. The zero-order valence-corrected chi connectivity index (χ0v) is 8.87. The third-order valence-corrected chi connectivity index (χ3v) is 3.53. The Morgan fingerprint density at radius 2 is 2.38 bits per heavy atom. The van der Waals surface area contributed by atoms with Crippen molar-refractivity contribution in [2.75, 3.05) is 0 Å². The van der Waals surface area contributed by atoms with Crippen molar-refractivity contribution in [2.45, 2.75) is 11.5 Å². The van der Waals surface area contributed by atoms with E-state index in [9.17, 15) is 9.59 Å². The van der Waals surface area contributed by atoms with E-state index in [0.29, 0.717) is 22.8 Å². The molecule has 0 aliphatic carbocycles.